The highest BCUT2D eigenvalue weighted by Gasteiger charge is 2.07. The van der Waals surface area contributed by atoms with Crippen molar-refractivity contribution < 1.29 is 19.2 Å². The van der Waals surface area contributed by atoms with E-state index in [9.17, 15) is 9.59 Å². The fourth-order valence-electron chi connectivity index (χ4n) is 1.28. The molecule has 0 spiro atoms. The van der Waals surface area contributed by atoms with Crippen LogP contribution in [0.4, 0.5) is 16.4 Å². The lowest BCUT2D eigenvalue weighted by Gasteiger charge is -2.05. The fourth-order valence-corrected chi connectivity index (χ4v) is 1.28. The van der Waals surface area contributed by atoms with Crippen molar-refractivity contribution in [2.24, 2.45) is 0 Å². The molecule has 0 aliphatic carbocycles. The Hall–Kier alpha value is -2.83. The average molecular weight is 247 g/mol. The first-order chi connectivity index (χ1) is 8.65. The van der Waals surface area contributed by atoms with Crippen molar-refractivity contribution in [3.63, 3.8) is 0 Å². The van der Waals surface area contributed by atoms with Gasteiger partial charge in [-0.25, -0.2) is 9.59 Å². The van der Waals surface area contributed by atoms with Crippen molar-refractivity contribution in [3.8, 4) is 0 Å². The van der Waals surface area contributed by atoms with Gasteiger partial charge in [-0.3, -0.25) is 5.32 Å². The second-order valence-corrected chi connectivity index (χ2v) is 3.34. The van der Waals surface area contributed by atoms with E-state index in [1.807, 2.05) is 0 Å². The van der Waals surface area contributed by atoms with Crippen LogP contribution in [-0.2, 0) is 0 Å². The molecule has 0 saturated carbocycles. The number of anilines is 2. The number of nitrogens with zero attached hydrogens (tertiary/aromatic N) is 1. The van der Waals surface area contributed by atoms with E-state index in [0.29, 0.717) is 5.69 Å². The molecule has 1 aromatic carbocycles. The molecule has 2 amide bonds. The third kappa shape index (κ3) is 2.85. The summed E-state index contributed by atoms with van der Waals surface area (Å²) in [7, 11) is 0. The standard InChI is InChI=1S/C11H9N3O4/c15-10(16)7-2-1-3-8(6-7)13-11(17)14-9-4-5-12-18-9/h1-6H,(H,15,16)(H2,13,14,17). The summed E-state index contributed by atoms with van der Waals surface area (Å²) >= 11 is 0. The van der Waals surface area contributed by atoms with Crippen LogP contribution < -0.4 is 10.6 Å². The van der Waals surface area contributed by atoms with Gasteiger partial charge in [0.2, 0.25) is 5.88 Å². The highest BCUT2D eigenvalue weighted by molar-refractivity contribution is 5.99. The smallest absolute Gasteiger partial charge is 0.335 e. The number of carboxylic acids is 1. The van der Waals surface area contributed by atoms with Crippen LogP contribution >= 0.6 is 0 Å². The monoisotopic (exact) mass is 247 g/mol. The molecule has 0 bridgehead atoms. The maximum Gasteiger partial charge on any atom is 0.335 e. The minimum absolute atomic E-state index is 0.0902. The molecule has 18 heavy (non-hydrogen) atoms. The summed E-state index contributed by atoms with van der Waals surface area (Å²) in [6, 6.07) is 6.83. The topological polar surface area (TPSA) is 104 Å². The number of amides is 2. The molecule has 2 aromatic rings. The van der Waals surface area contributed by atoms with Gasteiger partial charge in [-0.15, -0.1) is 0 Å². The number of hydrogen-bond donors (Lipinski definition) is 3. The van der Waals surface area contributed by atoms with Gasteiger partial charge in [0.1, 0.15) is 0 Å². The van der Waals surface area contributed by atoms with E-state index in [1.165, 1.54) is 30.5 Å². The molecule has 0 aliphatic rings. The van der Waals surface area contributed by atoms with Crippen molar-refractivity contribution in [1.29, 1.82) is 0 Å². The molecule has 2 rings (SSSR count). The zero-order valence-corrected chi connectivity index (χ0v) is 9.08. The van der Waals surface area contributed by atoms with Crippen LogP contribution in [0.3, 0.4) is 0 Å². The van der Waals surface area contributed by atoms with E-state index in [1.54, 1.807) is 6.07 Å². The first kappa shape index (κ1) is 11.6. The van der Waals surface area contributed by atoms with Crippen LogP contribution in [0.15, 0.2) is 41.1 Å². The molecule has 0 atom stereocenters. The lowest BCUT2D eigenvalue weighted by molar-refractivity contribution is 0.0697. The van der Waals surface area contributed by atoms with E-state index < -0.39 is 12.0 Å². The molecule has 1 heterocycles. The van der Waals surface area contributed by atoms with Crippen molar-refractivity contribution in [1.82, 2.24) is 5.16 Å². The second kappa shape index (κ2) is 5.00. The molecule has 92 valence electrons. The number of carboxylic acid groups (broad SMARTS) is 1. The van der Waals surface area contributed by atoms with E-state index in [0.717, 1.165) is 0 Å². The molecule has 7 nitrogen and oxygen atoms in total. The predicted octanol–water partition coefficient (Wildman–Crippen LogP) is 2.02. The van der Waals surface area contributed by atoms with Gasteiger partial charge in [-0.1, -0.05) is 11.2 Å². The minimum atomic E-state index is -1.06. The van der Waals surface area contributed by atoms with Crippen LogP contribution in [0.1, 0.15) is 10.4 Å². The van der Waals surface area contributed by atoms with Gasteiger partial charge in [0.05, 0.1) is 11.8 Å². The maximum atomic E-state index is 11.5. The van der Waals surface area contributed by atoms with Crippen molar-refractivity contribution in [2.75, 3.05) is 10.6 Å². The van der Waals surface area contributed by atoms with Gasteiger partial charge in [-0.2, -0.15) is 0 Å². The van der Waals surface area contributed by atoms with Gasteiger partial charge in [0, 0.05) is 11.8 Å². The summed E-state index contributed by atoms with van der Waals surface area (Å²) in [5, 5.41) is 17.1. The lowest BCUT2D eigenvalue weighted by atomic mass is 10.2. The Labute approximate surface area is 101 Å². The van der Waals surface area contributed by atoms with Crippen LogP contribution in [0, 0.1) is 0 Å². The molecular weight excluding hydrogens is 238 g/mol. The summed E-state index contributed by atoms with van der Waals surface area (Å²) in [6.45, 7) is 0. The minimum Gasteiger partial charge on any atom is -0.478 e. The highest BCUT2D eigenvalue weighted by Crippen LogP contribution is 2.11. The maximum absolute atomic E-state index is 11.5. The fraction of sp³-hybridized carbons (Fsp3) is 0. The number of carbonyl (C=O) groups is 2. The summed E-state index contributed by atoms with van der Waals surface area (Å²) in [5.41, 5.74) is 0.458. The van der Waals surface area contributed by atoms with Crippen molar-refractivity contribution in [3.05, 3.63) is 42.1 Å². The first-order valence-corrected chi connectivity index (χ1v) is 4.97. The van der Waals surface area contributed by atoms with Crippen LogP contribution in [0.2, 0.25) is 0 Å². The van der Waals surface area contributed by atoms with Crippen LogP contribution in [-0.4, -0.2) is 22.3 Å². The number of benzene rings is 1. The number of aromatic carboxylic acids is 1. The summed E-state index contributed by atoms with van der Waals surface area (Å²) in [4.78, 5) is 22.2. The van der Waals surface area contributed by atoms with E-state index in [4.69, 9.17) is 5.11 Å². The Morgan fingerprint density at radius 2 is 2.06 bits per heavy atom. The molecule has 3 N–H and O–H groups in total. The molecule has 7 heteroatoms. The second-order valence-electron chi connectivity index (χ2n) is 3.34. The molecular formula is C11H9N3O4. The van der Waals surface area contributed by atoms with Gasteiger partial charge < -0.3 is 14.9 Å². The van der Waals surface area contributed by atoms with E-state index >= 15 is 0 Å². The lowest BCUT2D eigenvalue weighted by Crippen LogP contribution is -2.19. The first-order valence-electron chi connectivity index (χ1n) is 4.97. The van der Waals surface area contributed by atoms with Crippen molar-refractivity contribution >= 4 is 23.6 Å². The number of urea groups is 1. The van der Waals surface area contributed by atoms with Crippen LogP contribution in [0.5, 0.6) is 0 Å². The Balaban J connectivity index is 2.03. The van der Waals surface area contributed by atoms with Gasteiger partial charge >= 0.3 is 12.0 Å². The van der Waals surface area contributed by atoms with Gasteiger partial charge in [-0.05, 0) is 18.2 Å². The molecule has 0 fully saturated rings. The number of rotatable bonds is 3. The number of aromatic nitrogens is 1. The summed E-state index contributed by atoms with van der Waals surface area (Å²) in [5.74, 6) is -0.865. The summed E-state index contributed by atoms with van der Waals surface area (Å²) < 4.78 is 4.69. The largest absolute Gasteiger partial charge is 0.478 e. The molecule has 0 radical (unpaired) electrons. The SMILES string of the molecule is O=C(Nc1cccc(C(=O)O)c1)Nc1ccno1. The number of hydrogen-bond acceptors (Lipinski definition) is 4. The molecule has 0 aliphatic heterocycles. The van der Waals surface area contributed by atoms with Gasteiger partial charge in [0.25, 0.3) is 0 Å². The van der Waals surface area contributed by atoms with Crippen LogP contribution in [0.25, 0.3) is 0 Å². The summed E-state index contributed by atoms with van der Waals surface area (Å²) in [6.07, 6.45) is 1.39. The Kier molecular flexibility index (Phi) is 3.24. The zero-order valence-electron chi connectivity index (χ0n) is 9.08. The Bertz CT molecular complexity index is 565. The van der Waals surface area contributed by atoms with Gasteiger partial charge in [0.15, 0.2) is 0 Å². The Morgan fingerprint density at radius 1 is 1.22 bits per heavy atom. The zero-order chi connectivity index (χ0) is 13.0. The van der Waals surface area contributed by atoms with E-state index in [2.05, 4.69) is 20.3 Å². The number of carbonyl (C=O) groups excluding carboxylic acids is 1. The molecule has 0 unspecified atom stereocenters. The molecule has 1 aromatic heterocycles. The third-order valence-corrected chi connectivity index (χ3v) is 2.04. The Morgan fingerprint density at radius 3 is 2.72 bits per heavy atom. The third-order valence-electron chi connectivity index (χ3n) is 2.04. The normalized spacial score (nSPS) is 9.78. The number of nitrogens with one attached hydrogen (secondary N) is 2. The van der Waals surface area contributed by atoms with E-state index in [-0.39, 0.29) is 11.4 Å². The predicted molar refractivity (Wildman–Crippen MR) is 62.5 cm³/mol. The molecule has 0 saturated heterocycles. The average Bonchev–Trinajstić information content (AvgIpc) is 2.82. The quantitative estimate of drug-likeness (QED) is 0.769. The highest BCUT2D eigenvalue weighted by atomic mass is 16.5. The van der Waals surface area contributed by atoms with Crippen molar-refractivity contribution in [2.45, 2.75) is 0 Å².